The third-order valence-corrected chi connectivity index (χ3v) is 14.5. The molecule has 0 unspecified atom stereocenters. The lowest BCUT2D eigenvalue weighted by atomic mass is 9.87. The van der Waals surface area contributed by atoms with Gasteiger partial charge in [0, 0.05) is 6.07 Å². The van der Waals surface area contributed by atoms with Crippen LogP contribution in [-0.2, 0) is 12.1 Å². The van der Waals surface area contributed by atoms with Crippen molar-refractivity contribution in [1.29, 1.82) is 0 Å². The normalized spacial score (nSPS) is 12.3. The van der Waals surface area contributed by atoms with Crippen molar-refractivity contribution in [2.45, 2.75) is 58.7 Å². The second-order valence-corrected chi connectivity index (χ2v) is 17.5. The van der Waals surface area contributed by atoms with Gasteiger partial charge in [-0.15, -0.1) is 0 Å². The van der Waals surface area contributed by atoms with Crippen LogP contribution in [0.2, 0.25) is 13.1 Å². The molecule has 5 rings (SSSR count). The van der Waals surface area contributed by atoms with Gasteiger partial charge in [-0.05, 0) is 63.2 Å². The molecule has 0 radical (unpaired) electrons. The SMILES string of the molecule is Cc1c(-c2c3ccc([Si](C)(C)C(C)(C)c4ccccc4)cc3cc[n+]2C)cc(-c2ccccc2)cc1C(C)C. The Labute approximate surface area is 236 Å². The topological polar surface area (TPSA) is 3.88 Å². The van der Waals surface area contributed by atoms with Gasteiger partial charge in [0.2, 0.25) is 5.69 Å². The largest absolute Gasteiger partial charge is 0.220 e. The highest BCUT2D eigenvalue weighted by Crippen LogP contribution is 2.37. The van der Waals surface area contributed by atoms with Crippen LogP contribution < -0.4 is 9.75 Å². The predicted molar refractivity (Wildman–Crippen MR) is 171 cm³/mol. The molecular weight excluding hydrogens is 487 g/mol. The summed E-state index contributed by atoms with van der Waals surface area (Å²) >= 11 is 0. The lowest BCUT2D eigenvalue weighted by Crippen LogP contribution is -2.57. The minimum atomic E-state index is -1.87. The van der Waals surface area contributed by atoms with Crippen molar-refractivity contribution < 1.29 is 4.57 Å². The molecule has 0 spiro atoms. The molecule has 0 fully saturated rings. The molecule has 0 saturated carbocycles. The van der Waals surface area contributed by atoms with Crippen molar-refractivity contribution in [3.05, 3.63) is 120 Å². The molecule has 0 atom stereocenters. The summed E-state index contributed by atoms with van der Waals surface area (Å²) in [5.41, 5.74) is 9.37. The number of nitrogens with zero attached hydrogens (tertiary/aromatic N) is 1. The monoisotopic (exact) mass is 528 g/mol. The third-order valence-electron chi connectivity index (χ3n) is 9.35. The van der Waals surface area contributed by atoms with Crippen LogP contribution >= 0.6 is 0 Å². The molecule has 0 amide bonds. The highest BCUT2D eigenvalue weighted by atomic mass is 28.3. The van der Waals surface area contributed by atoms with Gasteiger partial charge in [-0.1, -0.05) is 125 Å². The van der Waals surface area contributed by atoms with Crippen LogP contribution in [0.1, 0.15) is 50.3 Å². The summed E-state index contributed by atoms with van der Waals surface area (Å²) in [6, 6.07) is 36.2. The molecule has 198 valence electrons. The maximum atomic E-state index is 2.52. The molecule has 5 aromatic rings. The lowest BCUT2D eigenvalue weighted by Gasteiger charge is -2.41. The number of fused-ring (bicyclic) bond motifs is 1. The van der Waals surface area contributed by atoms with E-state index in [2.05, 4.69) is 163 Å². The first-order valence-corrected chi connectivity index (χ1v) is 17.2. The van der Waals surface area contributed by atoms with E-state index in [0.717, 1.165) is 0 Å². The smallest absolute Gasteiger partial charge is 0.200 e. The molecule has 0 aliphatic carbocycles. The van der Waals surface area contributed by atoms with Crippen molar-refractivity contribution in [3.8, 4) is 22.4 Å². The highest BCUT2D eigenvalue weighted by Gasteiger charge is 2.41. The maximum Gasteiger partial charge on any atom is 0.220 e. The minimum Gasteiger partial charge on any atom is -0.200 e. The van der Waals surface area contributed by atoms with Crippen LogP contribution in [0.5, 0.6) is 0 Å². The molecule has 0 bridgehead atoms. The molecule has 0 aliphatic heterocycles. The van der Waals surface area contributed by atoms with E-state index in [1.165, 1.54) is 55.0 Å². The number of benzene rings is 4. The van der Waals surface area contributed by atoms with E-state index < -0.39 is 8.07 Å². The fourth-order valence-electron chi connectivity index (χ4n) is 6.05. The van der Waals surface area contributed by atoms with E-state index in [4.69, 9.17) is 0 Å². The van der Waals surface area contributed by atoms with Crippen LogP contribution in [0.15, 0.2) is 103 Å². The highest BCUT2D eigenvalue weighted by molar-refractivity contribution is 6.92. The van der Waals surface area contributed by atoms with E-state index >= 15 is 0 Å². The Bertz CT molecular complexity index is 1630. The summed E-state index contributed by atoms with van der Waals surface area (Å²) in [6.07, 6.45) is 2.24. The van der Waals surface area contributed by atoms with Crippen molar-refractivity contribution in [2.75, 3.05) is 0 Å². The Kier molecular flexibility index (Phi) is 7.11. The van der Waals surface area contributed by atoms with Crippen LogP contribution in [0.3, 0.4) is 0 Å². The summed E-state index contributed by atoms with van der Waals surface area (Å²) in [4.78, 5) is 0. The summed E-state index contributed by atoms with van der Waals surface area (Å²) < 4.78 is 2.31. The molecule has 2 heteroatoms. The van der Waals surface area contributed by atoms with Gasteiger partial charge in [0.25, 0.3) is 0 Å². The molecular formula is C37H42NSi+. The standard InChI is InChI=1S/C37H42NSi/c1-26(2)34-24-30(28-15-11-9-12-16-28)25-35(27(34)3)36-33-20-19-32(23-29(33)21-22-38(36)6)39(7,8)37(4,5)31-17-13-10-14-18-31/h9-26H,1-8H3/q+1. The van der Waals surface area contributed by atoms with Gasteiger partial charge >= 0.3 is 0 Å². The zero-order chi connectivity index (χ0) is 27.9. The number of hydrogen-bond donors (Lipinski definition) is 0. The minimum absolute atomic E-state index is 0.108. The first-order chi connectivity index (χ1) is 18.5. The van der Waals surface area contributed by atoms with Gasteiger partial charge in [0.05, 0.1) is 19.0 Å². The number of aryl methyl sites for hydroxylation is 1. The molecule has 4 aromatic carbocycles. The quantitative estimate of drug-likeness (QED) is 0.153. The summed E-state index contributed by atoms with van der Waals surface area (Å²) in [6.45, 7) is 16.8. The number of aromatic nitrogens is 1. The maximum absolute atomic E-state index is 2.52. The Balaban J connectivity index is 1.70. The Morgan fingerprint density at radius 1 is 0.744 bits per heavy atom. The van der Waals surface area contributed by atoms with Crippen LogP contribution in [0, 0.1) is 6.92 Å². The van der Waals surface area contributed by atoms with Crippen LogP contribution in [0.25, 0.3) is 33.2 Å². The van der Waals surface area contributed by atoms with Crippen LogP contribution in [-0.4, -0.2) is 8.07 Å². The second kappa shape index (κ2) is 10.2. The molecule has 0 N–H and O–H groups in total. The molecule has 1 aromatic heterocycles. The first-order valence-electron chi connectivity index (χ1n) is 14.2. The first kappa shape index (κ1) is 27.1. The van der Waals surface area contributed by atoms with E-state index in [1.807, 2.05) is 0 Å². The zero-order valence-electron chi connectivity index (χ0n) is 24.8. The number of hydrogen-bond acceptors (Lipinski definition) is 0. The van der Waals surface area contributed by atoms with E-state index in [0.29, 0.717) is 5.92 Å². The van der Waals surface area contributed by atoms with Gasteiger partial charge in [-0.25, -0.2) is 4.57 Å². The third kappa shape index (κ3) is 4.76. The van der Waals surface area contributed by atoms with Crippen molar-refractivity contribution in [3.63, 3.8) is 0 Å². The second-order valence-electron chi connectivity index (χ2n) is 12.5. The van der Waals surface area contributed by atoms with E-state index in [9.17, 15) is 0 Å². The molecule has 0 saturated heterocycles. The van der Waals surface area contributed by atoms with Crippen molar-refractivity contribution >= 4 is 24.0 Å². The zero-order valence-corrected chi connectivity index (χ0v) is 25.8. The average Bonchev–Trinajstić information content (AvgIpc) is 2.94. The predicted octanol–water partition coefficient (Wildman–Crippen LogP) is 8.86. The Morgan fingerprint density at radius 2 is 1.38 bits per heavy atom. The van der Waals surface area contributed by atoms with Crippen molar-refractivity contribution in [1.82, 2.24) is 0 Å². The van der Waals surface area contributed by atoms with Gasteiger partial charge in [0.1, 0.15) is 7.05 Å². The van der Waals surface area contributed by atoms with E-state index in [-0.39, 0.29) is 5.04 Å². The summed E-state index contributed by atoms with van der Waals surface area (Å²) in [5.74, 6) is 0.450. The molecule has 39 heavy (non-hydrogen) atoms. The fourth-order valence-corrected chi connectivity index (χ4v) is 8.68. The van der Waals surface area contributed by atoms with E-state index in [1.54, 1.807) is 0 Å². The van der Waals surface area contributed by atoms with Gasteiger partial charge in [-0.2, -0.15) is 0 Å². The average molecular weight is 529 g/mol. The lowest BCUT2D eigenvalue weighted by molar-refractivity contribution is -0.659. The Morgan fingerprint density at radius 3 is 2.03 bits per heavy atom. The molecule has 1 nitrogen and oxygen atoms in total. The van der Waals surface area contributed by atoms with Crippen LogP contribution in [0.4, 0.5) is 0 Å². The number of pyridine rings is 1. The van der Waals surface area contributed by atoms with Crippen molar-refractivity contribution in [2.24, 2.45) is 7.05 Å². The summed E-state index contributed by atoms with van der Waals surface area (Å²) in [5, 5.41) is 4.24. The molecule has 1 heterocycles. The van der Waals surface area contributed by atoms with Gasteiger partial charge in [-0.3, -0.25) is 0 Å². The Hall–Kier alpha value is -3.49. The molecule has 0 aliphatic rings. The number of rotatable bonds is 6. The fraction of sp³-hybridized carbons (Fsp3) is 0.270. The van der Waals surface area contributed by atoms with Gasteiger partial charge in [0.15, 0.2) is 6.20 Å². The summed E-state index contributed by atoms with van der Waals surface area (Å²) in [7, 11) is 0.314. The van der Waals surface area contributed by atoms with Gasteiger partial charge < -0.3 is 0 Å².